The third kappa shape index (κ3) is 6.23. The van der Waals surface area contributed by atoms with Crippen LogP contribution in [0.1, 0.15) is 72.7 Å². The monoisotopic (exact) mass is 536 g/mol. The van der Waals surface area contributed by atoms with Crippen molar-refractivity contribution in [1.82, 2.24) is 0 Å². The number of alkyl halides is 1. The summed E-state index contributed by atoms with van der Waals surface area (Å²) in [5, 5.41) is 0. The van der Waals surface area contributed by atoms with Crippen LogP contribution in [0, 0.1) is 0 Å². The van der Waals surface area contributed by atoms with Gasteiger partial charge in [0.15, 0.2) is 0 Å². The van der Waals surface area contributed by atoms with Crippen molar-refractivity contribution in [2.75, 3.05) is 0 Å². The van der Waals surface area contributed by atoms with Gasteiger partial charge in [0.1, 0.15) is 0 Å². The number of allylic oxidation sites excluding steroid dienone is 1. The van der Waals surface area contributed by atoms with Crippen molar-refractivity contribution in [3.8, 4) is 5.75 Å². The van der Waals surface area contributed by atoms with E-state index in [2.05, 4.69) is 55.4 Å². The van der Waals surface area contributed by atoms with Gasteiger partial charge < -0.3 is 0 Å². The van der Waals surface area contributed by atoms with Crippen LogP contribution in [0.15, 0.2) is 24.0 Å². The summed E-state index contributed by atoms with van der Waals surface area (Å²) < 4.78 is 38.4. The molecule has 34 heavy (non-hydrogen) atoms. The van der Waals surface area contributed by atoms with E-state index in [9.17, 15) is 3.80 Å². The molecule has 1 atom stereocenters. The van der Waals surface area contributed by atoms with Crippen LogP contribution in [0.25, 0.3) is 6.08 Å². The molecule has 1 aliphatic carbocycles. The molecule has 190 valence electrons. The Morgan fingerprint density at radius 3 is 1.82 bits per heavy atom. The molecule has 1 unspecified atom stereocenters. The maximum atomic E-state index is 15.1. The van der Waals surface area contributed by atoms with Crippen LogP contribution >= 0.6 is 0 Å². The van der Waals surface area contributed by atoms with E-state index in [1.807, 2.05) is 18.2 Å². The van der Waals surface area contributed by atoms with E-state index in [-0.39, 0.29) is 5.76 Å². The van der Waals surface area contributed by atoms with Crippen molar-refractivity contribution in [3.05, 3.63) is 35.1 Å². The molecule has 0 saturated carbocycles. The van der Waals surface area contributed by atoms with Gasteiger partial charge in [0.05, 0.1) is 0 Å². The Kier molecular flexibility index (Phi) is 11.0. The van der Waals surface area contributed by atoms with Crippen LogP contribution in [-0.2, 0) is 7.59 Å². The van der Waals surface area contributed by atoms with Gasteiger partial charge in [0, 0.05) is 0 Å². The van der Waals surface area contributed by atoms with E-state index in [1.165, 1.54) is 47.6 Å². The first-order valence-electron chi connectivity index (χ1n) is 13.4. The number of benzene rings is 1. The summed E-state index contributed by atoms with van der Waals surface area (Å²) in [6.07, 6.45) is 0.315. The number of rotatable bonds is 15. The van der Waals surface area contributed by atoms with E-state index in [1.54, 1.807) is 6.08 Å². The van der Waals surface area contributed by atoms with Crippen molar-refractivity contribution in [3.63, 3.8) is 0 Å². The molecule has 0 bridgehead atoms. The second kappa shape index (κ2) is 12.6. The molecule has 1 aliphatic rings. The van der Waals surface area contributed by atoms with E-state index < -0.39 is 46.1 Å². The Balaban J connectivity index is 2.55. The molecule has 0 radical (unpaired) electrons. The third-order valence-electron chi connectivity index (χ3n) is 9.28. The molecular weight excluding hydrogens is 491 g/mol. The first kappa shape index (κ1) is 29.7. The van der Waals surface area contributed by atoms with Crippen LogP contribution in [-0.4, -0.2) is 40.0 Å². The standard InChI is InChI=1S/C26H47FO2Si3.Al.O/c1-9-30(10-2,11-3)19-32(21(7)8,20-31(12-4,13-5)14-6)29-23-16-15-22-17-25(28)26(27)24(22)18-23;;/h15-18,21,26,28H,9-14,19-20H2,1-8H3;;/q;+1;/p-1. The Bertz CT molecular complexity index is 815. The molecule has 0 saturated heterocycles. The molecule has 2 rings (SSSR count). The van der Waals surface area contributed by atoms with Crippen LogP contribution in [0.5, 0.6) is 5.75 Å². The molecule has 0 spiro atoms. The van der Waals surface area contributed by atoms with Crippen molar-refractivity contribution in [1.29, 1.82) is 0 Å². The van der Waals surface area contributed by atoms with Gasteiger partial charge in [-0.05, 0) is 0 Å². The molecule has 3 nitrogen and oxygen atoms in total. The first-order valence-corrected chi connectivity index (χ1v) is 22.4. The van der Waals surface area contributed by atoms with E-state index >= 15 is 4.39 Å². The van der Waals surface area contributed by atoms with Gasteiger partial charge in [-0.3, -0.25) is 0 Å². The fourth-order valence-electron chi connectivity index (χ4n) is 5.91. The first-order chi connectivity index (χ1) is 16.1. The number of hydrogen-bond acceptors (Lipinski definition) is 3. The predicted octanol–water partition coefficient (Wildman–Crippen LogP) is 8.86. The quantitative estimate of drug-likeness (QED) is 0.210. The van der Waals surface area contributed by atoms with Crippen LogP contribution in [0.4, 0.5) is 4.39 Å². The van der Waals surface area contributed by atoms with Crippen LogP contribution < -0.4 is 4.43 Å². The van der Waals surface area contributed by atoms with E-state index in [0.717, 1.165) is 11.3 Å². The zero-order valence-corrected chi connectivity index (χ0v) is 27.0. The third-order valence-corrected chi connectivity index (χ3v) is 32.2. The molecule has 1 aromatic rings. The fraction of sp³-hybridized carbons (Fsp3) is 0.692. The summed E-state index contributed by atoms with van der Waals surface area (Å²) in [6, 6.07) is 13.7. The summed E-state index contributed by atoms with van der Waals surface area (Å²) in [5.74, 6) is 0.983. The van der Waals surface area contributed by atoms with Gasteiger partial charge in [-0.25, -0.2) is 0 Å². The molecule has 0 heterocycles. The van der Waals surface area contributed by atoms with Gasteiger partial charge >= 0.3 is 218 Å². The average molecular weight is 537 g/mol. The Morgan fingerprint density at radius 1 is 0.912 bits per heavy atom. The van der Waals surface area contributed by atoms with Crippen LogP contribution in [0.2, 0.25) is 53.1 Å². The second-order valence-electron chi connectivity index (χ2n) is 10.7. The topological polar surface area (TPSA) is 35.5 Å². The van der Waals surface area contributed by atoms with Crippen molar-refractivity contribution in [2.45, 2.75) is 115 Å². The Hall–Kier alpha value is -0.527. The van der Waals surface area contributed by atoms with E-state index in [4.69, 9.17) is 8.21 Å². The maximum absolute atomic E-state index is 15.1. The van der Waals surface area contributed by atoms with Crippen molar-refractivity contribution >= 4 is 46.0 Å². The van der Waals surface area contributed by atoms with Gasteiger partial charge in [-0.15, -0.1) is 0 Å². The van der Waals surface area contributed by atoms with E-state index in [0.29, 0.717) is 11.1 Å². The molecular formula is C26H46AlFO3Si3. The summed E-state index contributed by atoms with van der Waals surface area (Å²) in [5.41, 5.74) is 4.51. The summed E-state index contributed by atoms with van der Waals surface area (Å²) in [4.78, 5) is 0. The van der Waals surface area contributed by atoms with Gasteiger partial charge in [-0.2, -0.15) is 0 Å². The Labute approximate surface area is 217 Å². The normalized spacial score (nSPS) is 16.3. The minimum absolute atomic E-state index is 0.160. The Morgan fingerprint density at radius 2 is 1.41 bits per heavy atom. The molecule has 0 amide bonds. The van der Waals surface area contributed by atoms with Gasteiger partial charge in [0.2, 0.25) is 0 Å². The van der Waals surface area contributed by atoms with Gasteiger partial charge in [-0.1, -0.05) is 0 Å². The summed E-state index contributed by atoms with van der Waals surface area (Å²) >= 11 is -1.47. The number of hydrogen-bond donors (Lipinski definition) is 0. The zero-order chi connectivity index (χ0) is 25.6. The fourth-order valence-corrected chi connectivity index (χ4v) is 31.7. The summed E-state index contributed by atoms with van der Waals surface area (Å²) in [7, 11) is -5.07. The molecule has 0 fully saturated rings. The minimum atomic E-state index is -2.19. The van der Waals surface area contributed by atoms with Gasteiger partial charge in [0.25, 0.3) is 0 Å². The molecule has 1 aromatic carbocycles. The molecule has 0 aromatic heterocycles. The van der Waals surface area contributed by atoms with Crippen molar-refractivity contribution in [2.24, 2.45) is 0 Å². The predicted molar refractivity (Wildman–Crippen MR) is 151 cm³/mol. The second-order valence-corrected chi connectivity index (χ2v) is 27.7. The SMILES string of the molecule is CC[Si](CC)(CC)C[Si](C[Si](CC)(CC)CC)(Oc1ccc2c(c1)C(F)C([O][Al]=[O])=C2)C(C)C. The number of halogens is 1. The number of fused-ring (bicyclic) bond motifs is 1. The van der Waals surface area contributed by atoms with Crippen molar-refractivity contribution < 1.29 is 16.4 Å². The molecule has 0 aliphatic heterocycles. The average Bonchev–Trinajstić information content (AvgIpc) is 3.16. The zero-order valence-electron chi connectivity index (χ0n) is 22.8. The molecule has 8 heteroatoms. The van der Waals surface area contributed by atoms with Crippen LogP contribution in [0.3, 0.4) is 0 Å². The molecule has 0 N–H and O–H groups in total. The summed E-state index contributed by atoms with van der Waals surface area (Å²) in [6.45, 7) is 19.2.